The molecule has 0 spiro atoms. The molecule has 0 aliphatic heterocycles. The van der Waals surface area contributed by atoms with Crippen LogP contribution in [0.1, 0.15) is 0 Å². The lowest BCUT2D eigenvalue weighted by Crippen LogP contribution is -2.45. The van der Waals surface area contributed by atoms with Crippen molar-refractivity contribution in [2.75, 3.05) is 55.4 Å². The van der Waals surface area contributed by atoms with Crippen LogP contribution in [-0.2, 0) is 9.59 Å². The van der Waals surface area contributed by atoms with E-state index < -0.39 is 11.9 Å². The summed E-state index contributed by atoms with van der Waals surface area (Å²) in [5.41, 5.74) is 0. The Labute approximate surface area is 96.9 Å². The van der Waals surface area contributed by atoms with E-state index in [-0.39, 0.29) is 13.1 Å². The van der Waals surface area contributed by atoms with Gasteiger partial charge in [0.1, 0.15) is 13.1 Å². The third-order valence-corrected chi connectivity index (χ3v) is 1.21. The number of aliphatic carboxylic acids is 2. The number of carbonyl (C=O) groups is 2. The molecule has 96 valence electrons. The number of rotatable bonds is 4. The molecule has 0 amide bonds. The maximum absolute atomic E-state index is 9.89. The summed E-state index contributed by atoms with van der Waals surface area (Å²) in [4.78, 5) is 19.8. The lowest BCUT2D eigenvalue weighted by Gasteiger charge is -2.23. The number of quaternary nitrogens is 2. The minimum Gasteiger partial charge on any atom is -0.544 e. The lowest BCUT2D eigenvalue weighted by molar-refractivity contribution is -0.864. The second kappa shape index (κ2) is 6.44. The smallest absolute Gasteiger partial charge is 0.118 e. The van der Waals surface area contributed by atoms with Gasteiger partial charge in [-0.2, -0.15) is 0 Å². The van der Waals surface area contributed by atoms with Crippen LogP contribution in [-0.4, -0.2) is 76.3 Å². The molecule has 0 radical (unpaired) electrons. The largest absolute Gasteiger partial charge is 0.544 e. The Morgan fingerprint density at radius 1 is 0.750 bits per heavy atom. The van der Waals surface area contributed by atoms with Crippen molar-refractivity contribution in [1.29, 1.82) is 0 Å². The summed E-state index contributed by atoms with van der Waals surface area (Å²) in [5, 5.41) is 19.8. The van der Waals surface area contributed by atoms with Crippen molar-refractivity contribution in [1.82, 2.24) is 0 Å². The van der Waals surface area contributed by atoms with Crippen molar-refractivity contribution in [3.8, 4) is 0 Å². The highest BCUT2D eigenvalue weighted by Gasteiger charge is 2.05. The molecule has 0 aromatic carbocycles. The molecule has 6 nitrogen and oxygen atoms in total. The van der Waals surface area contributed by atoms with Crippen molar-refractivity contribution in [2.24, 2.45) is 0 Å². The Kier molecular flexibility index (Phi) is 6.95. The predicted octanol–water partition coefficient (Wildman–Crippen LogP) is -3.11. The number of carboxylic acid groups (broad SMARTS) is 2. The van der Waals surface area contributed by atoms with Crippen molar-refractivity contribution >= 4 is 11.9 Å². The minimum atomic E-state index is -1.00. The van der Waals surface area contributed by atoms with Gasteiger partial charge < -0.3 is 28.8 Å². The highest BCUT2D eigenvalue weighted by Crippen LogP contribution is 1.85. The van der Waals surface area contributed by atoms with Gasteiger partial charge in [-0.25, -0.2) is 0 Å². The molecule has 0 saturated heterocycles. The molecule has 16 heavy (non-hydrogen) atoms. The van der Waals surface area contributed by atoms with Crippen LogP contribution in [0.3, 0.4) is 0 Å². The lowest BCUT2D eigenvalue weighted by atomic mass is 10.5. The molecule has 0 atom stereocenters. The molecule has 0 heterocycles. The predicted molar refractivity (Wildman–Crippen MR) is 55.8 cm³/mol. The molecular formula is C10H22N2O4. The quantitative estimate of drug-likeness (QED) is 0.482. The highest BCUT2D eigenvalue weighted by molar-refractivity contribution is 5.65. The maximum Gasteiger partial charge on any atom is 0.118 e. The molecule has 0 aromatic rings. The number of nitrogens with zero attached hydrogens (tertiary/aromatic N) is 2. The zero-order chi connectivity index (χ0) is 13.6. The van der Waals surface area contributed by atoms with E-state index in [1.807, 2.05) is 0 Å². The summed E-state index contributed by atoms with van der Waals surface area (Å²) in [6.45, 7) is 0.139. The molecule has 0 rings (SSSR count). The number of hydrogen-bond donors (Lipinski definition) is 0. The maximum atomic E-state index is 9.89. The molecule has 0 aliphatic carbocycles. The van der Waals surface area contributed by atoms with Crippen molar-refractivity contribution in [2.45, 2.75) is 0 Å². The molecule has 0 aliphatic rings. The second-order valence-corrected chi connectivity index (χ2v) is 5.64. The van der Waals surface area contributed by atoms with Gasteiger partial charge >= 0.3 is 0 Å². The van der Waals surface area contributed by atoms with E-state index in [9.17, 15) is 19.8 Å². The van der Waals surface area contributed by atoms with Crippen molar-refractivity contribution in [3.05, 3.63) is 0 Å². The van der Waals surface area contributed by atoms with Crippen LogP contribution >= 0.6 is 0 Å². The van der Waals surface area contributed by atoms with Crippen molar-refractivity contribution in [3.63, 3.8) is 0 Å². The van der Waals surface area contributed by atoms with Crippen LogP contribution in [0.2, 0.25) is 0 Å². The van der Waals surface area contributed by atoms with E-state index in [2.05, 4.69) is 0 Å². The molecule has 0 aromatic heterocycles. The Balaban J connectivity index is 0. The van der Waals surface area contributed by atoms with Crippen LogP contribution in [0, 0.1) is 0 Å². The summed E-state index contributed by atoms with van der Waals surface area (Å²) in [5.74, 6) is -2.00. The first-order chi connectivity index (χ1) is 6.83. The topological polar surface area (TPSA) is 80.3 Å². The fraction of sp³-hybridized carbons (Fsp3) is 0.800. The first kappa shape index (κ1) is 17.3. The monoisotopic (exact) mass is 234 g/mol. The molecule has 0 unspecified atom stereocenters. The first-order valence-electron chi connectivity index (χ1n) is 4.84. The third-order valence-electron chi connectivity index (χ3n) is 1.21. The van der Waals surface area contributed by atoms with E-state index in [0.29, 0.717) is 8.97 Å². The average Bonchev–Trinajstić information content (AvgIpc) is 1.72. The standard InChI is InChI=1S/2C5H11NO2/c2*1-6(2,3)4-5(7)8/h2*4H2,1-3H3. The summed E-state index contributed by atoms with van der Waals surface area (Å²) in [7, 11) is 10.8. The van der Waals surface area contributed by atoms with Gasteiger partial charge in [-0.1, -0.05) is 0 Å². The van der Waals surface area contributed by atoms with E-state index in [4.69, 9.17) is 0 Å². The minimum absolute atomic E-state index is 0.0694. The van der Waals surface area contributed by atoms with Gasteiger partial charge in [0.05, 0.1) is 54.2 Å². The Bertz CT molecular complexity index is 212. The molecule has 0 bridgehead atoms. The molecule has 6 heteroatoms. The van der Waals surface area contributed by atoms with Gasteiger partial charge in [0.15, 0.2) is 0 Å². The number of carboxylic acids is 2. The van der Waals surface area contributed by atoms with Crippen LogP contribution in [0.25, 0.3) is 0 Å². The van der Waals surface area contributed by atoms with Crippen LogP contribution in [0.4, 0.5) is 0 Å². The van der Waals surface area contributed by atoms with Gasteiger partial charge in [0, 0.05) is 0 Å². The second-order valence-electron chi connectivity index (χ2n) is 5.64. The van der Waals surface area contributed by atoms with Gasteiger partial charge in [0.25, 0.3) is 0 Å². The first-order valence-corrected chi connectivity index (χ1v) is 4.84. The normalized spacial score (nSPS) is 11.4. The van der Waals surface area contributed by atoms with Gasteiger partial charge in [-0.3, -0.25) is 0 Å². The molecular weight excluding hydrogens is 212 g/mol. The average molecular weight is 234 g/mol. The fourth-order valence-corrected chi connectivity index (χ4v) is 0.775. The summed E-state index contributed by atoms with van der Waals surface area (Å²) >= 11 is 0. The van der Waals surface area contributed by atoms with Crippen LogP contribution in [0.15, 0.2) is 0 Å². The molecule has 0 saturated carbocycles. The van der Waals surface area contributed by atoms with E-state index in [0.717, 1.165) is 0 Å². The molecule has 0 N–H and O–H groups in total. The zero-order valence-electron chi connectivity index (χ0n) is 10.9. The van der Waals surface area contributed by atoms with E-state index in [1.165, 1.54) is 0 Å². The van der Waals surface area contributed by atoms with Crippen LogP contribution in [0.5, 0.6) is 0 Å². The SMILES string of the molecule is C[N+](C)(C)CC(=O)[O-].C[N+](C)(C)CC(=O)[O-]. The Hall–Kier alpha value is -1.14. The van der Waals surface area contributed by atoms with Crippen molar-refractivity contribution < 1.29 is 28.8 Å². The third kappa shape index (κ3) is 23.0. The van der Waals surface area contributed by atoms with Gasteiger partial charge in [-0.15, -0.1) is 0 Å². The van der Waals surface area contributed by atoms with E-state index >= 15 is 0 Å². The Morgan fingerprint density at radius 3 is 0.938 bits per heavy atom. The Morgan fingerprint density at radius 2 is 0.938 bits per heavy atom. The highest BCUT2D eigenvalue weighted by atomic mass is 16.4. The zero-order valence-corrected chi connectivity index (χ0v) is 10.9. The summed E-state index contributed by atoms with van der Waals surface area (Å²) in [6, 6.07) is 0. The van der Waals surface area contributed by atoms with Gasteiger partial charge in [0.2, 0.25) is 0 Å². The number of hydrogen-bond acceptors (Lipinski definition) is 4. The summed E-state index contributed by atoms with van der Waals surface area (Å²) in [6.07, 6.45) is 0. The van der Waals surface area contributed by atoms with Gasteiger partial charge in [-0.05, 0) is 0 Å². The number of likely N-dealkylation sites (N-methyl/N-ethyl adjacent to an activating group) is 2. The van der Waals surface area contributed by atoms with Crippen LogP contribution < -0.4 is 10.2 Å². The number of carbonyl (C=O) groups excluding carboxylic acids is 2. The summed E-state index contributed by atoms with van der Waals surface area (Å²) < 4.78 is 0.838. The van der Waals surface area contributed by atoms with E-state index in [1.54, 1.807) is 42.3 Å². The fourth-order valence-electron chi connectivity index (χ4n) is 0.775. The molecule has 0 fully saturated rings.